The fraction of sp³-hybridized carbons (Fsp3) is 0.412. The standard InChI is InChI=1S/C17H20N2O2S/c1-12-18-14(11-22-12)10-19(15-6-7-15)17(20)9-13-4-3-5-16(8-13)21-2/h3-5,8,11,15H,6-7,9-10H2,1-2H3. The maximum Gasteiger partial charge on any atom is 0.227 e. The van der Waals surface area contributed by atoms with Gasteiger partial charge in [0.25, 0.3) is 0 Å². The van der Waals surface area contributed by atoms with E-state index < -0.39 is 0 Å². The molecule has 0 N–H and O–H groups in total. The van der Waals surface area contributed by atoms with Crippen molar-refractivity contribution in [2.24, 2.45) is 0 Å². The highest BCUT2D eigenvalue weighted by atomic mass is 32.1. The van der Waals surface area contributed by atoms with Crippen molar-refractivity contribution in [1.82, 2.24) is 9.88 Å². The summed E-state index contributed by atoms with van der Waals surface area (Å²) in [6.07, 6.45) is 2.62. The molecule has 0 atom stereocenters. The van der Waals surface area contributed by atoms with Crippen molar-refractivity contribution >= 4 is 17.2 Å². The largest absolute Gasteiger partial charge is 0.497 e. The van der Waals surface area contributed by atoms with Crippen LogP contribution in [-0.2, 0) is 17.8 Å². The van der Waals surface area contributed by atoms with Gasteiger partial charge in [0.05, 0.1) is 30.8 Å². The van der Waals surface area contributed by atoms with Crippen LogP contribution in [0.2, 0.25) is 0 Å². The Morgan fingerprint density at radius 2 is 2.27 bits per heavy atom. The molecular weight excluding hydrogens is 296 g/mol. The number of ether oxygens (including phenoxy) is 1. The van der Waals surface area contributed by atoms with Crippen LogP contribution in [0.25, 0.3) is 0 Å². The maximum absolute atomic E-state index is 12.7. The molecule has 0 bridgehead atoms. The van der Waals surface area contributed by atoms with Gasteiger partial charge < -0.3 is 9.64 Å². The summed E-state index contributed by atoms with van der Waals surface area (Å²) in [5, 5.41) is 3.09. The van der Waals surface area contributed by atoms with Crippen LogP contribution in [0.1, 0.15) is 29.1 Å². The molecule has 0 aliphatic heterocycles. The first kappa shape index (κ1) is 15.0. The molecule has 1 amide bonds. The Morgan fingerprint density at radius 3 is 2.91 bits per heavy atom. The van der Waals surface area contributed by atoms with Crippen molar-refractivity contribution in [1.29, 1.82) is 0 Å². The second-order valence-electron chi connectivity index (χ2n) is 5.64. The Hall–Kier alpha value is -1.88. The maximum atomic E-state index is 12.7. The summed E-state index contributed by atoms with van der Waals surface area (Å²) >= 11 is 1.63. The van der Waals surface area contributed by atoms with Crippen molar-refractivity contribution in [2.45, 2.75) is 38.8 Å². The van der Waals surface area contributed by atoms with Crippen molar-refractivity contribution in [3.05, 3.63) is 45.9 Å². The number of carbonyl (C=O) groups is 1. The summed E-state index contributed by atoms with van der Waals surface area (Å²) in [6, 6.07) is 8.10. The summed E-state index contributed by atoms with van der Waals surface area (Å²) < 4.78 is 5.22. The zero-order valence-electron chi connectivity index (χ0n) is 12.9. The molecule has 22 heavy (non-hydrogen) atoms. The van der Waals surface area contributed by atoms with Gasteiger partial charge >= 0.3 is 0 Å². The Balaban J connectivity index is 1.69. The van der Waals surface area contributed by atoms with Crippen LogP contribution in [0, 0.1) is 6.92 Å². The van der Waals surface area contributed by atoms with E-state index >= 15 is 0 Å². The lowest BCUT2D eigenvalue weighted by molar-refractivity contribution is -0.131. The van der Waals surface area contributed by atoms with Crippen LogP contribution in [-0.4, -0.2) is 28.9 Å². The Kier molecular flexibility index (Phi) is 4.43. The molecule has 5 heteroatoms. The second-order valence-corrected chi connectivity index (χ2v) is 6.70. The van der Waals surface area contributed by atoms with Gasteiger partial charge in [-0.2, -0.15) is 0 Å². The van der Waals surface area contributed by atoms with Crippen molar-refractivity contribution in [2.75, 3.05) is 7.11 Å². The van der Waals surface area contributed by atoms with Gasteiger partial charge in [0.1, 0.15) is 5.75 Å². The second kappa shape index (κ2) is 6.48. The number of amides is 1. The monoisotopic (exact) mass is 316 g/mol. The number of hydrogen-bond donors (Lipinski definition) is 0. The highest BCUT2D eigenvalue weighted by Crippen LogP contribution is 2.29. The molecule has 0 saturated heterocycles. The van der Waals surface area contributed by atoms with Crippen molar-refractivity contribution in [3.8, 4) is 5.75 Å². The van der Waals surface area contributed by atoms with E-state index in [1.165, 1.54) is 0 Å². The number of benzene rings is 1. The minimum absolute atomic E-state index is 0.168. The average Bonchev–Trinajstić information content (AvgIpc) is 3.27. The highest BCUT2D eigenvalue weighted by Gasteiger charge is 2.32. The number of rotatable bonds is 6. The molecule has 116 valence electrons. The van der Waals surface area contributed by atoms with Crippen LogP contribution >= 0.6 is 11.3 Å². The van der Waals surface area contributed by atoms with Gasteiger partial charge in [-0.3, -0.25) is 4.79 Å². The number of aryl methyl sites for hydroxylation is 1. The molecule has 0 unspecified atom stereocenters. The van der Waals surface area contributed by atoms with Gasteiger partial charge in [0.15, 0.2) is 0 Å². The number of methoxy groups -OCH3 is 1. The normalized spacial score (nSPS) is 13.9. The summed E-state index contributed by atoms with van der Waals surface area (Å²) in [5.74, 6) is 0.958. The lowest BCUT2D eigenvalue weighted by atomic mass is 10.1. The number of nitrogens with zero attached hydrogens (tertiary/aromatic N) is 2. The number of aromatic nitrogens is 1. The predicted octanol–water partition coefficient (Wildman–Crippen LogP) is 3.19. The molecule has 1 fully saturated rings. The predicted molar refractivity (Wildman–Crippen MR) is 87.1 cm³/mol. The summed E-state index contributed by atoms with van der Waals surface area (Å²) in [7, 11) is 1.64. The fourth-order valence-electron chi connectivity index (χ4n) is 2.52. The Labute approximate surface area is 134 Å². The number of hydrogen-bond acceptors (Lipinski definition) is 4. The molecule has 0 radical (unpaired) electrons. The smallest absolute Gasteiger partial charge is 0.227 e. The quantitative estimate of drug-likeness (QED) is 0.822. The van der Waals surface area contributed by atoms with E-state index in [0.29, 0.717) is 19.0 Å². The van der Waals surface area contributed by atoms with Crippen LogP contribution < -0.4 is 4.74 Å². The number of thiazole rings is 1. The first-order chi connectivity index (χ1) is 10.7. The zero-order chi connectivity index (χ0) is 15.5. The minimum Gasteiger partial charge on any atom is -0.497 e. The zero-order valence-corrected chi connectivity index (χ0v) is 13.7. The lowest BCUT2D eigenvalue weighted by Crippen LogP contribution is -2.33. The van der Waals surface area contributed by atoms with E-state index in [1.54, 1.807) is 18.4 Å². The summed E-state index contributed by atoms with van der Waals surface area (Å²) in [4.78, 5) is 19.1. The van der Waals surface area contributed by atoms with Gasteiger partial charge in [-0.25, -0.2) is 4.98 Å². The van der Waals surface area contributed by atoms with E-state index in [1.807, 2.05) is 41.5 Å². The SMILES string of the molecule is COc1cccc(CC(=O)N(Cc2csc(C)n2)C2CC2)c1. The van der Waals surface area contributed by atoms with Crippen molar-refractivity contribution < 1.29 is 9.53 Å². The van der Waals surface area contributed by atoms with E-state index in [2.05, 4.69) is 4.98 Å². The van der Waals surface area contributed by atoms with E-state index in [0.717, 1.165) is 34.9 Å². The Bertz CT molecular complexity index is 664. The molecule has 4 nitrogen and oxygen atoms in total. The molecule has 1 aromatic carbocycles. The molecule has 0 spiro atoms. The van der Waals surface area contributed by atoms with Gasteiger partial charge in [-0.05, 0) is 37.5 Å². The van der Waals surface area contributed by atoms with E-state index in [9.17, 15) is 4.79 Å². The van der Waals surface area contributed by atoms with Gasteiger partial charge in [-0.15, -0.1) is 11.3 Å². The van der Waals surface area contributed by atoms with Crippen molar-refractivity contribution in [3.63, 3.8) is 0 Å². The van der Waals surface area contributed by atoms with Crippen LogP contribution in [0.3, 0.4) is 0 Å². The lowest BCUT2D eigenvalue weighted by Gasteiger charge is -2.21. The first-order valence-corrected chi connectivity index (χ1v) is 8.37. The van der Waals surface area contributed by atoms with Gasteiger partial charge in [0, 0.05) is 11.4 Å². The Morgan fingerprint density at radius 1 is 1.45 bits per heavy atom. The third-order valence-electron chi connectivity index (χ3n) is 3.80. The molecule has 2 aromatic rings. The minimum atomic E-state index is 0.168. The third-order valence-corrected chi connectivity index (χ3v) is 4.62. The molecule has 1 aromatic heterocycles. The van der Waals surface area contributed by atoms with Crippen LogP contribution in [0.5, 0.6) is 5.75 Å². The van der Waals surface area contributed by atoms with Gasteiger partial charge in [0.2, 0.25) is 5.91 Å². The summed E-state index contributed by atoms with van der Waals surface area (Å²) in [6.45, 7) is 2.62. The van der Waals surface area contributed by atoms with Gasteiger partial charge in [-0.1, -0.05) is 12.1 Å². The molecule has 1 heterocycles. The molecule has 1 aliphatic rings. The molecular formula is C17H20N2O2S. The van der Waals surface area contributed by atoms with Crippen LogP contribution in [0.15, 0.2) is 29.6 Å². The molecule has 3 rings (SSSR count). The summed E-state index contributed by atoms with van der Waals surface area (Å²) in [5.41, 5.74) is 1.98. The van der Waals surface area contributed by atoms with Crippen LogP contribution in [0.4, 0.5) is 0 Å². The molecule has 1 saturated carbocycles. The topological polar surface area (TPSA) is 42.4 Å². The number of carbonyl (C=O) groups excluding carboxylic acids is 1. The molecule has 1 aliphatic carbocycles. The fourth-order valence-corrected chi connectivity index (χ4v) is 3.12. The average molecular weight is 316 g/mol. The first-order valence-electron chi connectivity index (χ1n) is 7.49. The van der Waals surface area contributed by atoms with E-state index in [4.69, 9.17) is 4.74 Å². The van der Waals surface area contributed by atoms with E-state index in [-0.39, 0.29) is 5.91 Å². The third kappa shape index (κ3) is 3.65. The highest BCUT2D eigenvalue weighted by molar-refractivity contribution is 7.09.